The number of anilines is 2. The lowest BCUT2D eigenvalue weighted by molar-refractivity contribution is -0.131. The fourth-order valence-electron chi connectivity index (χ4n) is 2.82. The second-order valence-electron chi connectivity index (χ2n) is 9.53. The number of aromatic nitrogens is 1. The van der Waals surface area contributed by atoms with E-state index in [1.54, 1.807) is 44.1 Å². The molecule has 1 atom stereocenters. The van der Waals surface area contributed by atoms with Gasteiger partial charge in [-0.1, -0.05) is 6.07 Å². The maximum Gasteiger partial charge on any atom is 0.293 e. The van der Waals surface area contributed by atoms with Gasteiger partial charge < -0.3 is 20.5 Å². The van der Waals surface area contributed by atoms with Crippen molar-refractivity contribution in [2.45, 2.75) is 64.2 Å². The molecule has 0 saturated carbocycles. The van der Waals surface area contributed by atoms with E-state index in [-0.39, 0.29) is 11.6 Å². The number of ether oxygens (including phenoxy) is 1. The minimum Gasteiger partial charge on any atom is -0.465 e. The molecule has 1 unspecified atom stereocenters. The van der Waals surface area contributed by atoms with Crippen LogP contribution in [0.15, 0.2) is 53.6 Å². The number of aliphatic hydroxyl groups excluding tert-OH is 1. The van der Waals surface area contributed by atoms with Crippen LogP contribution in [0, 0.1) is 0 Å². The highest BCUT2D eigenvalue weighted by Crippen LogP contribution is 2.38. The van der Waals surface area contributed by atoms with Crippen LogP contribution in [-0.2, 0) is 9.53 Å². The Hall–Kier alpha value is -2.59. The van der Waals surface area contributed by atoms with Gasteiger partial charge in [-0.3, -0.25) is 9.52 Å². The average Bonchev–Trinajstić information content (AvgIpc) is 3.31. The number of aliphatic hydroxyl groups is 1. The van der Waals surface area contributed by atoms with E-state index in [1.807, 2.05) is 13.2 Å². The molecule has 7 nitrogen and oxygen atoms in total. The summed E-state index contributed by atoms with van der Waals surface area (Å²) >= 11 is 3.32. The lowest BCUT2D eigenvalue weighted by Crippen LogP contribution is -2.29. The minimum atomic E-state index is -0.396. The number of thiazole rings is 1. The van der Waals surface area contributed by atoms with Crippen LogP contribution in [0.2, 0.25) is 0 Å². The molecule has 0 fully saturated rings. The number of nitrogens with zero attached hydrogens (tertiary/aromatic N) is 1. The van der Waals surface area contributed by atoms with E-state index in [0.717, 1.165) is 37.3 Å². The Balaban J connectivity index is 0.000000678. The Kier molecular flexibility index (Phi) is 11.7. The molecule has 36 heavy (non-hydrogen) atoms. The van der Waals surface area contributed by atoms with Crippen LogP contribution < -0.4 is 15.4 Å². The summed E-state index contributed by atoms with van der Waals surface area (Å²) in [7, 11) is 1.92. The van der Waals surface area contributed by atoms with Gasteiger partial charge in [-0.2, -0.15) is 0 Å². The highest BCUT2D eigenvalue weighted by atomic mass is 32.2. The largest absolute Gasteiger partial charge is 0.465 e. The predicted molar refractivity (Wildman–Crippen MR) is 154 cm³/mol. The maximum atomic E-state index is 9.58. The summed E-state index contributed by atoms with van der Waals surface area (Å²) in [5.41, 5.74) is 4.32. The molecule has 0 aliphatic rings. The third kappa shape index (κ3) is 10.2. The lowest BCUT2D eigenvalue weighted by atomic mass is 10.1. The van der Waals surface area contributed by atoms with Crippen molar-refractivity contribution in [3.05, 3.63) is 48.7 Å². The molecule has 196 valence electrons. The van der Waals surface area contributed by atoms with Crippen LogP contribution in [-0.4, -0.2) is 47.9 Å². The molecule has 9 heteroatoms. The molecule has 0 amide bonds. The standard InChI is InChI=1S/C23H30N4OS2.C4H8O2/c1-15(28)13-25-18-10-11-19(20(12-18)30-27-23(2,3)4)21-14-26-22(29-21)16-6-8-17(24-5)9-7-16;1-4(2)6-3-5/h6-12,14-15,24-25,27-28H,13H2,1-5H3;3-4H,1-2H3. The van der Waals surface area contributed by atoms with E-state index in [2.05, 4.69) is 88.3 Å². The summed E-state index contributed by atoms with van der Waals surface area (Å²) < 4.78 is 7.87. The second-order valence-corrected chi connectivity index (χ2v) is 11.4. The summed E-state index contributed by atoms with van der Waals surface area (Å²) in [6, 6.07) is 14.6. The van der Waals surface area contributed by atoms with Gasteiger partial charge in [0.2, 0.25) is 0 Å². The molecule has 2 aromatic carbocycles. The van der Waals surface area contributed by atoms with E-state index in [1.165, 1.54) is 0 Å². The number of hydrogen-bond acceptors (Lipinski definition) is 9. The fourth-order valence-corrected chi connectivity index (χ4v) is 4.73. The number of carbonyl (C=O) groups excluding carboxylic acids is 1. The van der Waals surface area contributed by atoms with Crippen LogP contribution in [0.4, 0.5) is 11.4 Å². The normalized spacial score (nSPS) is 11.9. The molecular formula is C27H38N4O3S2. The van der Waals surface area contributed by atoms with E-state index < -0.39 is 6.10 Å². The number of hydrogen-bond donors (Lipinski definition) is 4. The van der Waals surface area contributed by atoms with Crippen molar-refractivity contribution in [3.63, 3.8) is 0 Å². The second kappa shape index (κ2) is 14.2. The third-order valence-electron chi connectivity index (χ3n) is 4.57. The first-order chi connectivity index (χ1) is 17.0. The van der Waals surface area contributed by atoms with Crippen molar-refractivity contribution < 1.29 is 14.6 Å². The first kappa shape index (κ1) is 29.6. The molecule has 0 aliphatic carbocycles. The van der Waals surface area contributed by atoms with E-state index in [9.17, 15) is 9.90 Å². The molecule has 0 bridgehead atoms. The summed E-state index contributed by atoms with van der Waals surface area (Å²) in [6.07, 6.45) is 1.58. The van der Waals surface area contributed by atoms with Crippen molar-refractivity contribution >= 4 is 41.1 Å². The average molecular weight is 531 g/mol. The zero-order chi connectivity index (χ0) is 26.7. The topological polar surface area (TPSA) is 95.5 Å². The Morgan fingerprint density at radius 3 is 2.31 bits per heavy atom. The van der Waals surface area contributed by atoms with Gasteiger partial charge in [0.15, 0.2) is 0 Å². The fraction of sp³-hybridized carbons (Fsp3) is 0.407. The van der Waals surface area contributed by atoms with Gasteiger partial charge in [0.05, 0.1) is 17.1 Å². The molecule has 1 heterocycles. The predicted octanol–water partition coefficient (Wildman–Crippen LogP) is 6.27. The molecule has 0 saturated heterocycles. The Morgan fingerprint density at radius 2 is 1.78 bits per heavy atom. The first-order valence-corrected chi connectivity index (χ1v) is 13.5. The summed E-state index contributed by atoms with van der Waals surface area (Å²) in [4.78, 5) is 16.3. The third-order valence-corrected chi connectivity index (χ3v) is 6.92. The van der Waals surface area contributed by atoms with Crippen LogP contribution in [0.1, 0.15) is 41.5 Å². The smallest absolute Gasteiger partial charge is 0.293 e. The van der Waals surface area contributed by atoms with E-state index in [0.29, 0.717) is 13.0 Å². The van der Waals surface area contributed by atoms with Gasteiger partial charge >= 0.3 is 0 Å². The first-order valence-electron chi connectivity index (χ1n) is 11.9. The molecule has 4 N–H and O–H groups in total. The summed E-state index contributed by atoms with van der Waals surface area (Å²) in [5.74, 6) is 0. The quantitative estimate of drug-likeness (QED) is 0.180. The highest BCUT2D eigenvalue weighted by Gasteiger charge is 2.15. The monoisotopic (exact) mass is 530 g/mol. The van der Waals surface area contributed by atoms with Crippen molar-refractivity contribution in [3.8, 4) is 21.0 Å². The molecular weight excluding hydrogens is 492 g/mol. The van der Waals surface area contributed by atoms with Crippen molar-refractivity contribution in [2.75, 3.05) is 24.2 Å². The Bertz CT molecular complexity index is 1080. The minimum absolute atomic E-state index is 0.0150. The number of benzene rings is 2. The number of rotatable bonds is 10. The summed E-state index contributed by atoms with van der Waals surface area (Å²) in [6.45, 7) is 12.8. The molecule has 3 rings (SSSR count). The number of carbonyl (C=O) groups is 1. The van der Waals surface area contributed by atoms with Crippen LogP contribution in [0.5, 0.6) is 0 Å². The van der Waals surface area contributed by atoms with Gasteiger partial charge in [0, 0.05) is 52.7 Å². The SMILES string of the molecule is CC(C)OC=O.CNc1ccc(-c2ncc(-c3ccc(NCC(C)O)cc3SNC(C)(C)C)s2)cc1. The van der Waals surface area contributed by atoms with Crippen molar-refractivity contribution in [1.29, 1.82) is 0 Å². The Morgan fingerprint density at radius 1 is 1.11 bits per heavy atom. The zero-order valence-electron chi connectivity index (χ0n) is 22.1. The molecule has 3 aromatic rings. The van der Waals surface area contributed by atoms with Crippen LogP contribution in [0.3, 0.4) is 0 Å². The van der Waals surface area contributed by atoms with Crippen LogP contribution >= 0.6 is 23.3 Å². The molecule has 1 aromatic heterocycles. The molecule has 0 radical (unpaired) electrons. The number of nitrogens with one attached hydrogen (secondary N) is 3. The van der Waals surface area contributed by atoms with Gasteiger partial charge in [0.1, 0.15) is 5.01 Å². The molecule has 0 spiro atoms. The lowest BCUT2D eigenvalue weighted by Gasteiger charge is -2.21. The summed E-state index contributed by atoms with van der Waals surface area (Å²) in [5, 5.41) is 17.0. The van der Waals surface area contributed by atoms with Crippen molar-refractivity contribution in [2.24, 2.45) is 0 Å². The van der Waals surface area contributed by atoms with E-state index >= 15 is 0 Å². The van der Waals surface area contributed by atoms with E-state index in [4.69, 9.17) is 0 Å². The van der Waals surface area contributed by atoms with Gasteiger partial charge in [-0.05, 0) is 89.9 Å². The molecule has 0 aliphatic heterocycles. The van der Waals surface area contributed by atoms with Gasteiger partial charge in [-0.15, -0.1) is 11.3 Å². The zero-order valence-corrected chi connectivity index (χ0v) is 23.7. The Labute approximate surface area is 223 Å². The van der Waals surface area contributed by atoms with Crippen molar-refractivity contribution in [1.82, 2.24) is 9.71 Å². The highest BCUT2D eigenvalue weighted by molar-refractivity contribution is 7.97. The van der Waals surface area contributed by atoms with Gasteiger partial charge in [0.25, 0.3) is 6.47 Å². The maximum absolute atomic E-state index is 9.58. The van der Waals surface area contributed by atoms with Gasteiger partial charge in [-0.25, -0.2) is 4.98 Å². The van der Waals surface area contributed by atoms with Crippen LogP contribution in [0.25, 0.3) is 21.0 Å².